The number of aromatic nitrogens is 1. The van der Waals surface area contributed by atoms with E-state index < -0.39 is 4.92 Å². The molecule has 6 nitrogen and oxygen atoms in total. The minimum atomic E-state index is -0.442. The van der Waals surface area contributed by atoms with E-state index in [0.717, 1.165) is 11.3 Å². The van der Waals surface area contributed by atoms with Crippen LogP contribution < -0.4 is 0 Å². The molecule has 2 heterocycles. The average Bonchev–Trinajstić information content (AvgIpc) is 3.16. The highest BCUT2D eigenvalue weighted by molar-refractivity contribution is 5.97. The maximum absolute atomic E-state index is 13.4. The molecule has 2 aromatic carbocycles. The molecule has 0 radical (unpaired) electrons. The van der Waals surface area contributed by atoms with Crippen molar-refractivity contribution in [1.29, 1.82) is 0 Å². The van der Waals surface area contributed by atoms with E-state index in [2.05, 4.69) is 4.57 Å². The predicted molar refractivity (Wildman–Crippen MR) is 102 cm³/mol. The van der Waals surface area contributed by atoms with Gasteiger partial charge in [0, 0.05) is 42.2 Å². The number of hydrogen-bond donors (Lipinski definition) is 0. The molecule has 1 aromatic heterocycles. The Morgan fingerprint density at radius 3 is 2.56 bits per heavy atom. The summed E-state index contributed by atoms with van der Waals surface area (Å²) in [7, 11) is 0. The van der Waals surface area contributed by atoms with Crippen molar-refractivity contribution >= 4 is 11.6 Å². The molecule has 0 spiro atoms. The zero-order chi connectivity index (χ0) is 19.0. The fourth-order valence-corrected chi connectivity index (χ4v) is 3.80. The third-order valence-electron chi connectivity index (χ3n) is 5.15. The second kappa shape index (κ2) is 6.72. The fourth-order valence-electron chi connectivity index (χ4n) is 3.80. The largest absolute Gasteiger partial charge is 0.348 e. The number of hydrogen-bond acceptors (Lipinski definition) is 3. The summed E-state index contributed by atoms with van der Waals surface area (Å²) in [5, 5.41) is 11.3. The Kier molecular flexibility index (Phi) is 4.24. The molecule has 1 unspecified atom stereocenters. The van der Waals surface area contributed by atoms with Crippen molar-refractivity contribution in [3.63, 3.8) is 0 Å². The fraction of sp³-hybridized carbons (Fsp3) is 0.190. The number of benzene rings is 2. The summed E-state index contributed by atoms with van der Waals surface area (Å²) in [5.41, 5.74) is 2.82. The Labute approximate surface area is 156 Å². The monoisotopic (exact) mass is 361 g/mol. The van der Waals surface area contributed by atoms with Gasteiger partial charge in [-0.25, -0.2) is 0 Å². The smallest absolute Gasteiger partial charge is 0.273 e. The van der Waals surface area contributed by atoms with Crippen molar-refractivity contribution < 1.29 is 9.72 Å². The van der Waals surface area contributed by atoms with Crippen LogP contribution in [0.2, 0.25) is 0 Å². The van der Waals surface area contributed by atoms with Gasteiger partial charge in [-0.15, -0.1) is 0 Å². The highest BCUT2D eigenvalue weighted by Crippen LogP contribution is 2.34. The van der Waals surface area contributed by atoms with Gasteiger partial charge in [0.05, 0.1) is 11.0 Å². The molecule has 136 valence electrons. The number of rotatable bonds is 3. The molecule has 0 fully saturated rings. The Morgan fingerprint density at radius 1 is 1.04 bits per heavy atom. The first-order chi connectivity index (χ1) is 13.1. The molecule has 0 aliphatic carbocycles. The summed E-state index contributed by atoms with van der Waals surface area (Å²) < 4.78 is 2.15. The number of fused-ring (bicyclic) bond motifs is 1. The standard InChI is InChI=1S/C21H19N3O3/c1-15-17(9-5-10-18(15)24(26)27)21(25)23-14-13-22-12-6-11-19(22)20(23)16-7-3-2-4-8-16/h2-12,20H,13-14H2,1H3. The van der Waals surface area contributed by atoms with Crippen molar-refractivity contribution in [2.45, 2.75) is 19.5 Å². The summed E-state index contributed by atoms with van der Waals surface area (Å²) in [6, 6.07) is 18.3. The number of nitro groups is 1. The van der Waals surface area contributed by atoms with E-state index in [0.29, 0.717) is 24.2 Å². The van der Waals surface area contributed by atoms with Gasteiger partial charge in [0.15, 0.2) is 0 Å². The van der Waals surface area contributed by atoms with E-state index in [1.54, 1.807) is 19.1 Å². The first-order valence-corrected chi connectivity index (χ1v) is 8.83. The van der Waals surface area contributed by atoms with Crippen molar-refractivity contribution in [1.82, 2.24) is 9.47 Å². The zero-order valence-electron chi connectivity index (χ0n) is 14.9. The molecule has 27 heavy (non-hydrogen) atoms. The van der Waals surface area contributed by atoms with Crippen molar-refractivity contribution in [3.8, 4) is 0 Å². The molecule has 3 aromatic rings. The summed E-state index contributed by atoms with van der Waals surface area (Å²) in [6.45, 7) is 2.88. The number of amides is 1. The lowest BCUT2D eigenvalue weighted by atomic mass is 9.97. The van der Waals surface area contributed by atoms with Crippen LogP contribution >= 0.6 is 0 Å². The Hall–Kier alpha value is -3.41. The van der Waals surface area contributed by atoms with Crippen molar-refractivity contribution in [2.24, 2.45) is 0 Å². The number of nitro benzene ring substituents is 1. The molecule has 1 aliphatic heterocycles. The Morgan fingerprint density at radius 2 is 1.81 bits per heavy atom. The minimum absolute atomic E-state index is 0.0301. The molecule has 1 aliphatic rings. The van der Waals surface area contributed by atoms with E-state index in [-0.39, 0.29) is 17.6 Å². The van der Waals surface area contributed by atoms with Gasteiger partial charge in [-0.3, -0.25) is 14.9 Å². The summed E-state index contributed by atoms with van der Waals surface area (Å²) >= 11 is 0. The van der Waals surface area contributed by atoms with Crippen LogP contribution in [0, 0.1) is 17.0 Å². The second-order valence-corrected chi connectivity index (χ2v) is 6.65. The van der Waals surface area contributed by atoms with Gasteiger partial charge in [-0.05, 0) is 30.7 Å². The molecular weight excluding hydrogens is 342 g/mol. The van der Waals surface area contributed by atoms with Crippen LogP contribution in [0.5, 0.6) is 0 Å². The Balaban J connectivity index is 1.80. The number of carbonyl (C=O) groups is 1. The van der Waals surface area contributed by atoms with Crippen LogP contribution in [0.25, 0.3) is 0 Å². The topological polar surface area (TPSA) is 68.4 Å². The van der Waals surface area contributed by atoms with Gasteiger partial charge in [0.25, 0.3) is 11.6 Å². The summed E-state index contributed by atoms with van der Waals surface area (Å²) in [4.78, 5) is 26.0. The summed E-state index contributed by atoms with van der Waals surface area (Å²) in [5.74, 6) is -0.183. The molecule has 1 atom stereocenters. The second-order valence-electron chi connectivity index (χ2n) is 6.65. The number of carbonyl (C=O) groups excluding carboxylic acids is 1. The lowest BCUT2D eigenvalue weighted by molar-refractivity contribution is -0.385. The quantitative estimate of drug-likeness (QED) is 0.524. The highest BCUT2D eigenvalue weighted by Gasteiger charge is 2.33. The van der Waals surface area contributed by atoms with E-state index in [1.165, 1.54) is 6.07 Å². The van der Waals surface area contributed by atoms with Gasteiger partial charge in [0.1, 0.15) is 0 Å². The molecule has 0 bridgehead atoms. The van der Waals surface area contributed by atoms with E-state index in [9.17, 15) is 14.9 Å². The van der Waals surface area contributed by atoms with Gasteiger partial charge in [-0.1, -0.05) is 36.4 Å². The van der Waals surface area contributed by atoms with Crippen LogP contribution in [0.1, 0.15) is 33.2 Å². The summed E-state index contributed by atoms with van der Waals surface area (Å²) in [6.07, 6.45) is 2.02. The van der Waals surface area contributed by atoms with Gasteiger partial charge in [-0.2, -0.15) is 0 Å². The van der Waals surface area contributed by atoms with Crippen LogP contribution in [0.15, 0.2) is 66.9 Å². The van der Waals surface area contributed by atoms with Crippen LogP contribution in [-0.4, -0.2) is 26.8 Å². The molecule has 0 saturated carbocycles. The van der Waals surface area contributed by atoms with Crippen molar-refractivity contribution in [3.05, 3.63) is 99.4 Å². The molecule has 1 amide bonds. The lowest BCUT2D eigenvalue weighted by Crippen LogP contribution is -2.42. The van der Waals surface area contributed by atoms with Gasteiger partial charge >= 0.3 is 0 Å². The maximum atomic E-state index is 13.4. The van der Waals surface area contributed by atoms with E-state index in [4.69, 9.17) is 0 Å². The predicted octanol–water partition coefficient (Wildman–Crippen LogP) is 3.95. The first kappa shape index (κ1) is 17.0. The first-order valence-electron chi connectivity index (χ1n) is 8.83. The Bertz CT molecular complexity index is 1010. The molecule has 4 rings (SSSR count). The van der Waals surface area contributed by atoms with E-state index in [1.807, 2.05) is 53.6 Å². The molecule has 0 N–H and O–H groups in total. The molecule has 6 heteroatoms. The number of nitrogens with zero attached hydrogens (tertiary/aromatic N) is 3. The van der Waals surface area contributed by atoms with Crippen LogP contribution in [-0.2, 0) is 6.54 Å². The highest BCUT2D eigenvalue weighted by atomic mass is 16.6. The van der Waals surface area contributed by atoms with Gasteiger partial charge < -0.3 is 9.47 Å². The third kappa shape index (κ3) is 2.89. The van der Waals surface area contributed by atoms with Crippen molar-refractivity contribution in [2.75, 3.05) is 6.54 Å². The lowest BCUT2D eigenvalue weighted by Gasteiger charge is -2.37. The van der Waals surface area contributed by atoms with Crippen LogP contribution in [0.3, 0.4) is 0 Å². The van der Waals surface area contributed by atoms with Crippen LogP contribution in [0.4, 0.5) is 5.69 Å². The van der Waals surface area contributed by atoms with Gasteiger partial charge in [0.2, 0.25) is 0 Å². The normalized spacial score (nSPS) is 16.0. The molecular formula is C21H19N3O3. The minimum Gasteiger partial charge on any atom is -0.348 e. The average molecular weight is 361 g/mol. The third-order valence-corrected chi connectivity index (χ3v) is 5.15. The molecule has 0 saturated heterocycles. The van der Waals surface area contributed by atoms with E-state index >= 15 is 0 Å². The maximum Gasteiger partial charge on any atom is 0.273 e. The SMILES string of the molecule is Cc1c(C(=O)N2CCn3cccc3C2c2ccccc2)cccc1[N+](=O)[O-]. The zero-order valence-corrected chi connectivity index (χ0v) is 14.9.